The Labute approximate surface area is 96.5 Å². The van der Waals surface area contributed by atoms with Crippen molar-refractivity contribution in [3.05, 3.63) is 21.7 Å². The summed E-state index contributed by atoms with van der Waals surface area (Å²) < 4.78 is 11.8. The van der Waals surface area contributed by atoms with Crippen LogP contribution < -0.4 is 9.47 Å². The van der Waals surface area contributed by atoms with Gasteiger partial charge in [-0.3, -0.25) is 4.79 Å². The van der Waals surface area contributed by atoms with Crippen LogP contribution >= 0.6 is 15.9 Å². The lowest BCUT2D eigenvalue weighted by molar-refractivity contribution is 0.111. The van der Waals surface area contributed by atoms with E-state index in [0.29, 0.717) is 17.1 Å². The van der Waals surface area contributed by atoms with Crippen LogP contribution in [-0.2, 0) is 6.42 Å². The number of halogens is 1. The summed E-state index contributed by atoms with van der Waals surface area (Å²) in [6.45, 7) is 1.99. The first-order chi connectivity index (χ1) is 7.17. The molecule has 0 N–H and O–H groups in total. The quantitative estimate of drug-likeness (QED) is 0.775. The topological polar surface area (TPSA) is 35.5 Å². The van der Waals surface area contributed by atoms with E-state index in [0.717, 1.165) is 22.7 Å². The number of hydrogen-bond donors (Lipinski definition) is 0. The van der Waals surface area contributed by atoms with Crippen LogP contribution in [0.3, 0.4) is 0 Å². The number of ether oxygens (including phenoxy) is 2. The minimum Gasteiger partial charge on any atom is -0.492 e. The molecule has 0 aliphatic carbocycles. The van der Waals surface area contributed by atoms with Crippen molar-refractivity contribution in [3.63, 3.8) is 0 Å². The molecular formula is C11H11BrO3. The maximum atomic E-state index is 10.9. The Morgan fingerprint density at radius 2 is 2.40 bits per heavy atom. The lowest BCUT2D eigenvalue weighted by Crippen LogP contribution is -2.05. The Kier molecular flexibility index (Phi) is 2.69. The summed E-state index contributed by atoms with van der Waals surface area (Å²) in [6.07, 6.45) is 1.74. The van der Waals surface area contributed by atoms with Gasteiger partial charge in [-0.25, -0.2) is 0 Å². The van der Waals surface area contributed by atoms with E-state index in [1.165, 1.54) is 0 Å². The van der Waals surface area contributed by atoms with Crippen LogP contribution in [0.15, 0.2) is 10.5 Å². The molecule has 80 valence electrons. The Hall–Kier alpha value is -1.03. The smallest absolute Gasteiger partial charge is 0.171 e. The maximum absolute atomic E-state index is 10.9. The first-order valence-electron chi connectivity index (χ1n) is 4.68. The van der Waals surface area contributed by atoms with E-state index in [2.05, 4.69) is 15.9 Å². The van der Waals surface area contributed by atoms with Gasteiger partial charge in [0.1, 0.15) is 6.10 Å². The number of rotatable bonds is 2. The zero-order valence-corrected chi connectivity index (χ0v) is 10.1. The van der Waals surface area contributed by atoms with Gasteiger partial charge in [0.2, 0.25) is 0 Å². The highest BCUT2D eigenvalue weighted by Gasteiger charge is 2.27. The zero-order valence-electron chi connectivity index (χ0n) is 8.54. The number of fused-ring (bicyclic) bond motifs is 1. The van der Waals surface area contributed by atoms with Gasteiger partial charge in [-0.15, -0.1) is 0 Å². The van der Waals surface area contributed by atoms with Crippen molar-refractivity contribution in [2.75, 3.05) is 7.11 Å². The standard InChI is InChI=1S/C11H11BrO3/c1-6-3-8-9(12)4-7(5-13)10(14-2)11(8)15-6/h4-6H,3H2,1-2H3. The van der Waals surface area contributed by atoms with Crippen LogP contribution in [0.5, 0.6) is 11.5 Å². The van der Waals surface area contributed by atoms with Gasteiger partial charge in [0.25, 0.3) is 0 Å². The van der Waals surface area contributed by atoms with E-state index < -0.39 is 0 Å². The molecule has 1 aromatic carbocycles. The van der Waals surface area contributed by atoms with E-state index in [1.807, 2.05) is 6.92 Å². The van der Waals surface area contributed by atoms with Crippen molar-refractivity contribution < 1.29 is 14.3 Å². The molecule has 0 saturated carbocycles. The largest absolute Gasteiger partial charge is 0.492 e. The minimum absolute atomic E-state index is 0.132. The molecule has 1 unspecified atom stereocenters. The number of aldehydes is 1. The molecule has 3 nitrogen and oxygen atoms in total. The predicted octanol–water partition coefficient (Wildman–Crippen LogP) is 2.59. The van der Waals surface area contributed by atoms with E-state index in [9.17, 15) is 4.79 Å². The number of hydrogen-bond acceptors (Lipinski definition) is 3. The second kappa shape index (κ2) is 3.85. The van der Waals surface area contributed by atoms with E-state index in [-0.39, 0.29) is 6.10 Å². The van der Waals surface area contributed by atoms with Gasteiger partial charge in [0.05, 0.1) is 12.7 Å². The number of benzene rings is 1. The molecule has 0 spiro atoms. The Morgan fingerprint density at radius 3 is 3.00 bits per heavy atom. The van der Waals surface area contributed by atoms with Crippen LogP contribution in [0.2, 0.25) is 0 Å². The summed E-state index contributed by atoms with van der Waals surface area (Å²) in [5.74, 6) is 1.23. The molecule has 1 aliphatic rings. The summed E-state index contributed by atoms with van der Waals surface area (Å²) in [5.41, 5.74) is 1.59. The first kappa shape index (κ1) is 10.5. The fourth-order valence-electron chi connectivity index (χ4n) is 1.81. The predicted molar refractivity (Wildman–Crippen MR) is 59.9 cm³/mol. The molecule has 0 aromatic heterocycles. The molecule has 0 fully saturated rings. The molecule has 15 heavy (non-hydrogen) atoms. The molecule has 0 bridgehead atoms. The van der Waals surface area contributed by atoms with Crippen LogP contribution in [0.1, 0.15) is 22.8 Å². The molecule has 0 radical (unpaired) electrons. The van der Waals surface area contributed by atoms with E-state index in [4.69, 9.17) is 9.47 Å². The molecule has 2 rings (SSSR count). The molecule has 4 heteroatoms. The lowest BCUT2D eigenvalue weighted by atomic mass is 10.1. The molecule has 1 heterocycles. The summed E-state index contributed by atoms with van der Waals surface area (Å²) >= 11 is 3.44. The highest BCUT2D eigenvalue weighted by atomic mass is 79.9. The molecule has 1 aliphatic heterocycles. The SMILES string of the molecule is COc1c(C=O)cc(Br)c2c1OC(C)C2. The van der Waals surface area contributed by atoms with Gasteiger partial charge in [-0.2, -0.15) is 0 Å². The lowest BCUT2D eigenvalue weighted by Gasteiger charge is -2.11. The van der Waals surface area contributed by atoms with Crippen molar-refractivity contribution in [2.24, 2.45) is 0 Å². The fourth-order valence-corrected chi connectivity index (χ4v) is 2.40. The van der Waals surface area contributed by atoms with Gasteiger partial charge in [-0.05, 0) is 13.0 Å². The van der Waals surface area contributed by atoms with Crippen LogP contribution in [0.4, 0.5) is 0 Å². The summed E-state index contributed by atoms with van der Waals surface area (Å²) in [5, 5.41) is 0. The highest BCUT2D eigenvalue weighted by Crippen LogP contribution is 2.43. The van der Waals surface area contributed by atoms with Crippen molar-refractivity contribution in [1.29, 1.82) is 0 Å². The van der Waals surface area contributed by atoms with Crippen molar-refractivity contribution in [2.45, 2.75) is 19.4 Å². The third-order valence-electron chi connectivity index (χ3n) is 2.45. The molecule has 0 saturated heterocycles. The van der Waals surface area contributed by atoms with Gasteiger partial charge in [-0.1, -0.05) is 15.9 Å². The summed E-state index contributed by atoms with van der Waals surface area (Å²) in [7, 11) is 1.54. The third kappa shape index (κ3) is 1.63. The third-order valence-corrected chi connectivity index (χ3v) is 3.16. The zero-order chi connectivity index (χ0) is 11.0. The van der Waals surface area contributed by atoms with Crippen LogP contribution in [0, 0.1) is 0 Å². The minimum atomic E-state index is 0.132. The van der Waals surface area contributed by atoms with Crippen molar-refractivity contribution >= 4 is 22.2 Å². The van der Waals surface area contributed by atoms with Crippen LogP contribution in [-0.4, -0.2) is 19.5 Å². The number of methoxy groups -OCH3 is 1. The number of carbonyl (C=O) groups is 1. The Morgan fingerprint density at radius 1 is 1.67 bits per heavy atom. The number of carbonyl (C=O) groups excluding carboxylic acids is 1. The first-order valence-corrected chi connectivity index (χ1v) is 5.48. The van der Waals surface area contributed by atoms with Gasteiger partial charge < -0.3 is 9.47 Å². The Balaban J connectivity index is 2.64. The fraction of sp³-hybridized carbons (Fsp3) is 0.364. The molecule has 1 atom stereocenters. The summed E-state index contributed by atoms with van der Waals surface area (Å²) in [6, 6.07) is 1.77. The van der Waals surface area contributed by atoms with Crippen molar-refractivity contribution in [3.8, 4) is 11.5 Å². The maximum Gasteiger partial charge on any atom is 0.171 e. The van der Waals surface area contributed by atoms with E-state index >= 15 is 0 Å². The van der Waals surface area contributed by atoms with Crippen molar-refractivity contribution in [1.82, 2.24) is 0 Å². The summed E-state index contributed by atoms with van der Waals surface area (Å²) in [4.78, 5) is 10.9. The monoisotopic (exact) mass is 270 g/mol. The molecule has 0 amide bonds. The van der Waals surface area contributed by atoms with Gasteiger partial charge in [0.15, 0.2) is 17.8 Å². The molecule has 1 aromatic rings. The van der Waals surface area contributed by atoms with E-state index in [1.54, 1.807) is 13.2 Å². The highest BCUT2D eigenvalue weighted by molar-refractivity contribution is 9.10. The Bertz CT molecular complexity index is 415. The molecular weight excluding hydrogens is 260 g/mol. The second-order valence-electron chi connectivity index (χ2n) is 3.54. The van der Waals surface area contributed by atoms with Gasteiger partial charge >= 0.3 is 0 Å². The normalized spacial score (nSPS) is 18.2. The average Bonchev–Trinajstić information content (AvgIpc) is 2.60. The van der Waals surface area contributed by atoms with Gasteiger partial charge in [0, 0.05) is 16.5 Å². The second-order valence-corrected chi connectivity index (χ2v) is 4.39. The average molecular weight is 271 g/mol. The van der Waals surface area contributed by atoms with Crippen LogP contribution in [0.25, 0.3) is 0 Å².